The second-order valence-corrected chi connectivity index (χ2v) is 7.58. The van der Waals surface area contributed by atoms with Gasteiger partial charge in [0.2, 0.25) is 10.0 Å². The Hall–Kier alpha value is -1.36. The smallest absolute Gasteiger partial charge is 0.271 e. The Morgan fingerprint density at radius 3 is 2.76 bits per heavy atom. The van der Waals surface area contributed by atoms with Crippen LogP contribution >= 0.6 is 11.8 Å². The van der Waals surface area contributed by atoms with Crippen LogP contribution in [-0.2, 0) is 10.0 Å². The van der Waals surface area contributed by atoms with Gasteiger partial charge in [0.1, 0.15) is 4.90 Å². The molecule has 0 radical (unpaired) electrons. The van der Waals surface area contributed by atoms with Gasteiger partial charge in [-0.25, -0.2) is 8.42 Å². The molecule has 0 saturated carbocycles. The summed E-state index contributed by atoms with van der Waals surface area (Å²) in [6, 6.07) is 3.51. The van der Waals surface area contributed by atoms with Crippen LogP contribution in [0.2, 0.25) is 0 Å². The average Bonchev–Trinajstić information content (AvgIpc) is 2.76. The molecule has 1 aromatic carbocycles. The Bertz CT molecular complexity index is 627. The molecule has 8 nitrogen and oxygen atoms in total. The largest absolute Gasteiger partial charge is 0.323 e. The van der Waals surface area contributed by atoms with E-state index in [1.165, 1.54) is 16.4 Å². The number of hydrogen-bond donors (Lipinski definition) is 2. The summed E-state index contributed by atoms with van der Waals surface area (Å²) >= 11 is 1.71. The van der Waals surface area contributed by atoms with Gasteiger partial charge in [0.25, 0.3) is 5.69 Å². The fourth-order valence-corrected chi connectivity index (χ4v) is 4.69. The van der Waals surface area contributed by atoms with Crippen LogP contribution in [-0.4, -0.2) is 42.2 Å². The normalized spacial score (nSPS) is 17.2. The lowest BCUT2D eigenvalue weighted by Gasteiger charge is -2.21. The number of anilines is 1. The predicted octanol–water partition coefficient (Wildman–Crippen LogP) is 1.01. The Kier molecular flexibility index (Phi) is 5.04. The molecule has 0 amide bonds. The minimum atomic E-state index is -3.72. The summed E-state index contributed by atoms with van der Waals surface area (Å²) in [5.41, 5.74) is 2.05. The Morgan fingerprint density at radius 1 is 1.33 bits per heavy atom. The van der Waals surface area contributed by atoms with E-state index in [0.29, 0.717) is 13.1 Å². The number of nitrogens with one attached hydrogen (secondary N) is 1. The van der Waals surface area contributed by atoms with Crippen molar-refractivity contribution in [1.82, 2.24) is 4.31 Å². The fraction of sp³-hybridized carbons (Fsp3) is 0.455. The van der Waals surface area contributed by atoms with Crippen molar-refractivity contribution in [2.45, 2.75) is 11.3 Å². The summed E-state index contributed by atoms with van der Waals surface area (Å²) in [7, 11) is -3.72. The average molecular weight is 332 g/mol. The number of nitrogens with zero attached hydrogens (tertiary/aromatic N) is 2. The van der Waals surface area contributed by atoms with E-state index in [9.17, 15) is 18.5 Å². The highest BCUT2D eigenvalue weighted by Gasteiger charge is 2.28. The topological polar surface area (TPSA) is 119 Å². The summed E-state index contributed by atoms with van der Waals surface area (Å²) in [4.78, 5) is 10.1. The van der Waals surface area contributed by atoms with Crippen molar-refractivity contribution in [3.05, 3.63) is 28.3 Å². The minimum absolute atomic E-state index is 0.0288. The third-order valence-corrected chi connectivity index (χ3v) is 6.13. The fourth-order valence-electron chi connectivity index (χ4n) is 2.07. The Balaban J connectivity index is 2.41. The summed E-state index contributed by atoms with van der Waals surface area (Å²) in [5.74, 6) is 6.98. The van der Waals surface area contributed by atoms with E-state index >= 15 is 0 Å². The number of nitro groups is 1. The van der Waals surface area contributed by atoms with Gasteiger partial charge in [-0.2, -0.15) is 16.1 Å². The maximum absolute atomic E-state index is 12.7. The first kappa shape index (κ1) is 16.0. The van der Waals surface area contributed by atoms with Crippen LogP contribution in [0.3, 0.4) is 0 Å². The molecule has 0 atom stereocenters. The molecule has 10 heteroatoms. The lowest BCUT2D eigenvalue weighted by atomic mass is 10.3. The first-order valence-corrected chi connectivity index (χ1v) is 8.89. The van der Waals surface area contributed by atoms with Crippen LogP contribution in [0.5, 0.6) is 0 Å². The third-order valence-electron chi connectivity index (χ3n) is 3.13. The lowest BCUT2D eigenvalue weighted by molar-refractivity contribution is -0.384. The van der Waals surface area contributed by atoms with Crippen molar-refractivity contribution >= 4 is 33.2 Å². The number of hydrazine groups is 1. The van der Waals surface area contributed by atoms with Gasteiger partial charge in [-0.15, -0.1) is 0 Å². The van der Waals surface area contributed by atoms with E-state index in [2.05, 4.69) is 5.43 Å². The number of non-ortho nitro benzene ring substituents is 1. The number of sulfonamides is 1. The molecule has 116 valence electrons. The maximum Gasteiger partial charge on any atom is 0.271 e. The molecular formula is C11H16N4O4S2. The van der Waals surface area contributed by atoms with Crippen molar-refractivity contribution in [1.29, 1.82) is 0 Å². The molecule has 0 aliphatic carbocycles. The van der Waals surface area contributed by atoms with Crippen LogP contribution in [0.1, 0.15) is 6.42 Å². The van der Waals surface area contributed by atoms with Crippen molar-refractivity contribution in [2.75, 3.05) is 30.0 Å². The van der Waals surface area contributed by atoms with Gasteiger partial charge < -0.3 is 5.43 Å². The number of nitrogens with two attached hydrogens (primary N) is 1. The number of rotatable bonds is 4. The summed E-state index contributed by atoms with van der Waals surface area (Å²) in [5, 5.41) is 10.8. The van der Waals surface area contributed by atoms with Crippen LogP contribution in [0.15, 0.2) is 23.1 Å². The van der Waals surface area contributed by atoms with Crippen molar-refractivity contribution in [2.24, 2.45) is 5.84 Å². The number of benzene rings is 1. The highest BCUT2D eigenvalue weighted by molar-refractivity contribution is 7.99. The van der Waals surface area contributed by atoms with Crippen molar-refractivity contribution in [3.8, 4) is 0 Å². The van der Waals surface area contributed by atoms with Crippen LogP contribution in [0.4, 0.5) is 11.4 Å². The SMILES string of the molecule is NNc1cc([N+](=O)[O-])ccc1S(=O)(=O)N1CCCSCC1. The molecule has 1 aromatic rings. The molecule has 1 saturated heterocycles. The van der Waals surface area contributed by atoms with E-state index < -0.39 is 14.9 Å². The molecule has 1 aliphatic heterocycles. The zero-order valence-corrected chi connectivity index (χ0v) is 12.8. The van der Waals surface area contributed by atoms with E-state index in [4.69, 9.17) is 5.84 Å². The maximum atomic E-state index is 12.7. The quantitative estimate of drug-likeness (QED) is 0.480. The molecule has 1 heterocycles. The highest BCUT2D eigenvalue weighted by Crippen LogP contribution is 2.29. The van der Waals surface area contributed by atoms with Crippen LogP contribution in [0, 0.1) is 10.1 Å². The first-order chi connectivity index (χ1) is 9.96. The van der Waals surface area contributed by atoms with Crippen molar-refractivity contribution < 1.29 is 13.3 Å². The number of nitrogen functional groups attached to an aromatic ring is 1. The minimum Gasteiger partial charge on any atom is -0.323 e. The van der Waals surface area contributed by atoms with Gasteiger partial charge in [-0.05, 0) is 18.2 Å². The zero-order chi connectivity index (χ0) is 15.5. The molecule has 3 N–H and O–H groups in total. The van der Waals surface area contributed by atoms with Gasteiger partial charge >= 0.3 is 0 Å². The van der Waals surface area contributed by atoms with Gasteiger partial charge in [0.15, 0.2) is 0 Å². The van der Waals surface area contributed by atoms with E-state index in [0.717, 1.165) is 24.0 Å². The van der Waals surface area contributed by atoms with Crippen molar-refractivity contribution in [3.63, 3.8) is 0 Å². The monoisotopic (exact) mass is 332 g/mol. The van der Waals surface area contributed by atoms with E-state index in [1.807, 2.05) is 0 Å². The molecule has 1 fully saturated rings. The van der Waals surface area contributed by atoms with Gasteiger partial charge in [0.05, 0.1) is 10.6 Å². The highest BCUT2D eigenvalue weighted by atomic mass is 32.2. The van der Waals surface area contributed by atoms with Gasteiger partial charge in [0, 0.05) is 31.0 Å². The molecular weight excluding hydrogens is 316 g/mol. The standard InChI is InChI=1S/C11H16N4O4S2/c12-13-10-8-9(15(16)17)2-3-11(10)21(18,19)14-4-1-6-20-7-5-14/h2-3,8,13H,1,4-7,12H2. The summed E-state index contributed by atoms with van der Waals surface area (Å²) < 4.78 is 26.7. The lowest BCUT2D eigenvalue weighted by Crippen LogP contribution is -2.33. The number of thioether (sulfide) groups is 1. The molecule has 2 rings (SSSR count). The zero-order valence-electron chi connectivity index (χ0n) is 11.2. The summed E-state index contributed by atoms with van der Waals surface area (Å²) in [6.45, 7) is 0.865. The van der Waals surface area contributed by atoms with Gasteiger partial charge in [-0.3, -0.25) is 16.0 Å². The van der Waals surface area contributed by atoms with Crippen LogP contribution in [0.25, 0.3) is 0 Å². The molecule has 0 unspecified atom stereocenters. The van der Waals surface area contributed by atoms with E-state index in [-0.39, 0.29) is 16.3 Å². The first-order valence-electron chi connectivity index (χ1n) is 6.30. The number of nitro benzene ring substituents is 1. The Morgan fingerprint density at radius 2 is 2.10 bits per heavy atom. The van der Waals surface area contributed by atoms with Crippen LogP contribution < -0.4 is 11.3 Å². The van der Waals surface area contributed by atoms with E-state index in [1.54, 1.807) is 11.8 Å². The third kappa shape index (κ3) is 3.46. The molecule has 1 aliphatic rings. The Labute approximate surface area is 126 Å². The summed E-state index contributed by atoms with van der Waals surface area (Å²) in [6.07, 6.45) is 0.780. The molecule has 0 bridgehead atoms. The number of hydrogen-bond acceptors (Lipinski definition) is 7. The molecule has 0 spiro atoms. The predicted molar refractivity (Wildman–Crippen MR) is 81.6 cm³/mol. The molecule has 21 heavy (non-hydrogen) atoms. The van der Waals surface area contributed by atoms with Gasteiger partial charge in [-0.1, -0.05) is 0 Å². The second kappa shape index (κ2) is 6.60. The second-order valence-electron chi connectivity index (χ2n) is 4.45. The molecule has 0 aromatic heterocycles.